The largest absolute Gasteiger partial charge is 0.477 e. The molecule has 114 valence electrons. The third-order valence-electron chi connectivity index (χ3n) is 3.77. The second-order valence-electron chi connectivity index (χ2n) is 5.30. The molecule has 2 aromatic rings. The third kappa shape index (κ3) is 3.53. The molecule has 1 saturated heterocycles. The number of hydrogen-bond acceptors (Lipinski definition) is 5. The molecule has 22 heavy (non-hydrogen) atoms. The maximum Gasteiger partial charge on any atom is 0.232 e. The maximum absolute atomic E-state index is 9.25. The van der Waals surface area contributed by atoms with Crippen molar-refractivity contribution in [3.05, 3.63) is 35.9 Å². The monoisotopic (exact) mass is 297 g/mol. The minimum atomic E-state index is 0.433. The Morgan fingerprint density at radius 2 is 2.09 bits per heavy atom. The number of pyridine rings is 1. The summed E-state index contributed by atoms with van der Waals surface area (Å²) in [5.41, 5.74) is 1.34. The van der Waals surface area contributed by atoms with Crippen LogP contribution in [0, 0.1) is 11.3 Å². The zero-order valence-electron chi connectivity index (χ0n) is 12.5. The topological polar surface area (TPSA) is 58.4 Å². The number of fused-ring (bicyclic) bond motifs is 1. The fraction of sp³-hybridized carbons (Fsp3) is 0.412. The van der Waals surface area contributed by atoms with Gasteiger partial charge >= 0.3 is 0 Å². The van der Waals surface area contributed by atoms with Crippen molar-refractivity contribution in [1.29, 1.82) is 5.26 Å². The van der Waals surface area contributed by atoms with Crippen LogP contribution < -0.4 is 4.74 Å². The molecule has 0 saturated carbocycles. The molecule has 0 radical (unpaired) electrons. The molecule has 1 fully saturated rings. The Morgan fingerprint density at radius 1 is 1.27 bits per heavy atom. The molecule has 5 heteroatoms. The first-order valence-corrected chi connectivity index (χ1v) is 7.59. The van der Waals surface area contributed by atoms with E-state index < -0.39 is 0 Å². The van der Waals surface area contributed by atoms with Crippen molar-refractivity contribution < 1.29 is 9.47 Å². The molecule has 5 nitrogen and oxygen atoms in total. The summed E-state index contributed by atoms with van der Waals surface area (Å²) in [6.07, 6.45) is 0.916. The van der Waals surface area contributed by atoms with E-state index in [1.807, 2.05) is 30.3 Å². The Kier molecular flexibility index (Phi) is 4.84. The predicted molar refractivity (Wildman–Crippen MR) is 83.8 cm³/mol. The van der Waals surface area contributed by atoms with Crippen molar-refractivity contribution in [3.8, 4) is 11.9 Å². The smallest absolute Gasteiger partial charge is 0.232 e. The lowest BCUT2D eigenvalue weighted by molar-refractivity contribution is 0.0357. The highest BCUT2D eigenvalue weighted by molar-refractivity contribution is 5.80. The minimum Gasteiger partial charge on any atom is -0.477 e. The fourth-order valence-corrected chi connectivity index (χ4v) is 2.57. The second-order valence-corrected chi connectivity index (χ2v) is 5.30. The number of hydrogen-bond donors (Lipinski definition) is 0. The van der Waals surface area contributed by atoms with Gasteiger partial charge in [-0.15, -0.1) is 0 Å². The molecule has 1 aromatic heterocycles. The molecule has 0 atom stereocenters. The van der Waals surface area contributed by atoms with Crippen molar-refractivity contribution >= 4 is 10.9 Å². The molecule has 0 N–H and O–H groups in total. The summed E-state index contributed by atoms with van der Waals surface area (Å²) in [7, 11) is 0. The first kappa shape index (κ1) is 14.8. The lowest BCUT2D eigenvalue weighted by Gasteiger charge is -2.26. The van der Waals surface area contributed by atoms with Crippen molar-refractivity contribution in [1.82, 2.24) is 9.88 Å². The van der Waals surface area contributed by atoms with E-state index in [1.165, 1.54) is 0 Å². The SMILES string of the molecule is N#Cc1cc2ccccc2nc1OCCCN1CCOCC1. The molecule has 0 amide bonds. The zero-order chi connectivity index (χ0) is 15.2. The standard InChI is InChI=1S/C17H19N3O2/c18-13-15-12-14-4-1-2-5-16(14)19-17(15)22-9-3-6-20-7-10-21-11-8-20/h1-2,4-5,12H,3,6-11H2. The zero-order valence-corrected chi connectivity index (χ0v) is 12.5. The number of nitrogens with zero attached hydrogens (tertiary/aromatic N) is 3. The Balaban J connectivity index is 1.59. The molecule has 0 unspecified atom stereocenters. The summed E-state index contributed by atoms with van der Waals surface area (Å²) in [6.45, 7) is 5.14. The Morgan fingerprint density at radius 3 is 2.91 bits per heavy atom. The van der Waals surface area contributed by atoms with Crippen molar-refractivity contribution in [2.75, 3.05) is 39.5 Å². The van der Waals surface area contributed by atoms with E-state index in [0.29, 0.717) is 18.1 Å². The van der Waals surface area contributed by atoms with E-state index in [0.717, 1.165) is 50.2 Å². The van der Waals surface area contributed by atoms with Crippen molar-refractivity contribution in [3.63, 3.8) is 0 Å². The Bertz CT molecular complexity index is 675. The van der Waals surface area contributed by atoms with Crippen LogP contribution in [0.1, 0.15) is 12.0 Å². The van der Waals surface area contributed by atoms with Crippen molar-refractivity contribution in [2.24, 2.45) is 0 Å². The van der Waals surface area contributed by atoms with Crippen LogP contribution in [-0.4, -0.2) is 49.3 Å². The van der Waals surface area contributed by atoms with Crippen LogP contribution in [-0.2, 0) is 4.74 Å². The molecule has 1 aromatic carbocycles. The number of benzene rings is 1. The molecule has 0 aliphatic carbocycles. The second kappa shape index (κ2) is 7.21. The average Bonchev–Trinajstić information content (AvgIpc) is 2.59. The third-order valence-corrected chi connectivity index (χ3v) is 3.77. The van der Waals surface area contributed by atoms with E-state index in [2.05, 4.69) is 16.0 Å². The summed E-state index contributed by atoms with van der Waals surface area (Å²) in [4.78, 5) is 6.82. The molecule has 3 rings (SSSR count). The van der Waals surface area contributed by atoms with Crippen LogP contribution in [0.25, 0.3) is 10.9 Å². The quantitative estimate of drug-likeness (QED) is 0.792. The normalized spacial score (nSPS) is 15.6. The summed E-state index contributed by atoms with van der Waals surface area (Å²) in [6, 6.07) is 11.7. The number of aromatic nitrogens is 1. The van der Waals surface area contributed by atoms with Gasteiger partial charge in [-0.2, -0.15) is 5.26 Å². The van der Waals surface area contributed by atoms with E-state index in [4.69, 9.17) is 9.47 Å². The highest BCUT2D eigenvalue weighted by Gasteiger charge is 2.11. The molecular weight excluding hydrogens is 278 g/mol. The molecule has 0 spiro atoms. The summed E-state index contributed by atoms with van der Waals surface area (Å²) < 4.78 is 11.1. The van der Waals surface area contributed by atoms with Gasteiger partial charge in [0.1, 0.15) is 11.6 Å². The fourth-order valence-electron chi connectivity index (χ4n) is 2.57. The van der Waals surface area contributed by atoms with Crippen LogP contribution in [0.5, 0.6) is 5.88 Å². The summed E-state index contributed by atoms with van der Waals surface area (Å²) >= 11 is 0. The number of morpholine rings is 1. The van der Waals surface area contributed by atoms with Gasteiger partial charge in [-0.3, -0.25) is 4.90 Å². The van der Waals surface area contributed by atoms with Crippen LogP contribution in [0.15, 0.2) is 30.3 Å². The Labute approximate surface area is 130 Å². The van der Waals surface area contributed by atoms with Crippen molar-refractivity contribution in [2.45, 2.75) is 6.42 Å². The number of ether oxygens (including phenoxy) is 2. The van der Waals surface area contributed by atoms with Gasteiger partial charge in [0.05, 0.1) is 25.3 Å². The van der Waals surface area contributed by atoms with Gasteiger partial charge in [0.25, 0.3) is 0 Å². The lowest BCUT2D eigenvalue weighted by Crippen LogP contribution is -2.37. The van der Waals surface area contributed by atoms with Crippen LogP contribution in [0.4, 0.5) is 0 Å². The van der Waals surface area contributed by atoms with E-state index in [-0.39, 0.29) is 0 Å². The molecule has 1 aliphatic heterocycles. The molecule has 2 heterocycles. The maximum atomic E-state index is 9.25. The van der Waals surface area contributed by atoms with Gasteiger partial charge in [-0.05, 0) is 18.6 Å². The minimum absolute atomic E-state index is 0.433. The molecule has 1 aliphatic rings. The van der Waals surface area contributed by atoms with E-state index in [1.54, 1.807) is 0 Å². The highest BCUT2D eigenvalue weighted by atomic mass is 16.5. The Hall–Kier alpha value is -2.16. The summed E-state index contributed by atoms with van der Waals surface area (Å²) in [5, 5.41) is 10.2. The number of nitriles is 1. The first-order chi connectivity index (χ1) is 10.9. The summed E-state index contributed by atoms with van der Waals surface area (Å²) in [5.74, 6) is 0.433. The van der Waals surface area contributed by atoms with Gasteiger partial charge in [0.2, 0.25) is 5.88 Å². The molecule has 0 bridgehead atoms. The van der Waals surface area contributed by atoms with E-state index in [9.17, 15) is 5.26 Å². The first-order valence-electron chi connectivity index (χ1n) is 7.59. The average molecular weight is 297 g/mol. The number of para-hydroxylation sites is 1. The van der Waals surface area contributed by atoms with Crippen LogP contribution >= 0.6 is 0 Å². The van der Waals surface area contributed by atoms with Gasteiger partial charge < -0.3 is 9.47 Å². The predicted octanol–water partition coefficient (Wildman–Crippen LogP) is 2.21. The number of rotatable bonds is 5. The van der Waals surface area contributed by atoms with E-state index >= 15 is 0 Å². The van der Waals surface area contributed by atoms with Crippen LogP contribution in [0.2, 0.25) is 0 Å². The lowest BCUT2D eigenvalue weighted by atomic mass is 10.1. The van der Waals surface area contributed by atoms with Gasteiger partial charge in [0, 0.05) is 25.0 Å². The molecular formula is C17H19N3O2. The van der Waals surface area contributed by atoms with Gasteiger partial charge in [-0.1, -0.05) is 18.2 Å². The van der Waals surface area contributed by atoms with Crippen LogP contribution in [0.3, 0.4) is 0 Å². The van der Waals surface area contributed by atoms with Gasteiger partial charge in [0.15, 0.2) is 0 Å². The highest BCUT2D eigenvalue weighted by Crippen LogP contribution is 2.21. The van der Waals surface area contributed by atoms with Gasteiger partial charge in [-0.25, -0.2) is 4.98 Å².